The van der Waals surface area contributed by atoms with Gasteiger partial charge in [0.05, 0.1) is 5.56 Å². The van der Waals surface area contributed by atoms with Gasteiger partial charge in [0.15, 0.2) is 0 Å². The molecule has 0 bridgehead atoms. The molecular weight excluding hydrogens is 221 g/mol. The van der Waals surface area contributed by atoms with Crippen molar-refractivity contribution in [3.63, 3.8) is 0 Å². The second-order valence-corrected chi connectivity index (χ2v) is 3.88. The van der Waals surface area contributed by atoms with Crippen LogP contribution in [0.2, 0.25) is 0 Å². The van der Waals surface area contributed by atoms with E-state index in [0.29, 0.717) is 12.1 Å². The van der Waals surface area contributed by atoms with Crippen molar-refractivity contribution in [3.05, 3.63) is 29.6 Å². The van der Waals surface area contributed by atoms with Gasteiger partial charge in [0.2, 0.25) is 0 Å². The lowest BCUT2D eigenvalue weighted by molar-refractivity contribution is 0.0951. The first-order valence-corrected chi connectivity index (χ1v) is 5.56. The molecule has 1 aromatic carbocycles. The van der Waals surface area contributed by atoms with Crippen molar-refractivity contribution < 1.29 is 9.18 Å². The average Bonchev–Trinajstić information content (AvgIpc) is 2.28. The number of nitrogens with one attached hydrogen (secondary N) is 1. The van der Waals surface area contributed by atoms with E-state index in [-0.39, 0.29) is 11.6 Å². The van der Waals surface area contributed by atoms with Crippen molar-refractivity contribution in [2.75, 3.05) is 32.4 Å². The zero-order valence-corrected chi connectivity index (χ0v) is 10.2. The molecule has 0 fully saturated rings. The highest BCUT2D eigenvalue weighted by Gasteiger charge is 2.09. The molecular formula is C12H18FN3O. The van der Waals surface area contributed by atoms with Gasteiger partial charge in [-0.15, -0.1) is 0 Å². The maximum atomic E-state index is 12.8. The number of hydrogen-bond donors (Lipinski definition) is 2. The maximum absolute atomic E-state index is 12.8. The Morgan fingerprint density at radius 3 is 2.82 bits per heavy atom. The number of hydrogen-bond acceptors (Lipinski definition) is 3. The topological polar surface area (TPSA) is 58.4 Å². The smallest absolute Gasteiger partial charge is 0.253 e. The van der Waals surface area contributed by atoms with Crippen LogP contribution in [-0.4, -0.2) is 37.5 Å². The van der Waals surface area contributed by atoms with Gasteiger partial charge < -0.3 is 16.0 Å². The normalized spacial score (nSPS) is 10.6. The zero-order valence-electron chi connectivity index (χ0n) is 10.2. The van der Waals surface area contributed by atoms with Crippen molar-refractivity contribution in [1.29, 1.82) is 0 Å². The molecule has 1 aromatic rings. The summed E-state index contributed by atoms with van der Waals surface area (Å²) in [4.78, 5) is 13.8. The minimum atomic E-state index is -0.440. The Morgan fingerprint density at radius 2 is 2.24 bits per heavy atom. The molecule has 3 N–H and O–H groups in total. The van der Waals surface area contributed by atoms with Gasteiger partial charge in [-0.05, 0) is 31.8 Å². The van der Waals surface area contributed by atoms with Crippen molar-refractivity contribution in [2.45, 2.75) is 6.92 Å². The van der Waals surface area contributed by atoms with Gasteiger partial charge in [0, 0.05) is 18.8 Å². The van der Waals surface area contributed by atoms with Crippen LogP contribution >= 0.6 is 0 Å². The maximum Gasteiger partial charge on any atom is 0.253 e. The summed E-state index contributed by atoms with van der Waals surface area (Å²) in [5.41, 5.74) is 6.04. The second kappa shape index (κ2) is 6.20. The molecule has 94 valence electrons. The van der Waals surface area contributed by atoms with Crippen LogP contribution in [-0.2, 0) is 0 Å². The Bertz CT molecular complexity index is 395. The molecule has 4 nitrogen and oxygen atoms in total. The van der Waals surface area contributed by atoms with Gasteiger partial charge >= 0.3 is 0 Å². The van der Waals surface area contributed by atoms with Crippen LogP contribution in [0.3, 0.4) is 0 Å². The largest absolute Gasteiger partial charge is 0.398 e. The lowest BCUT2D eigenvalue weighted by Gasteiger charge is -2.14. The predicted molar refractivity (Wildman–Crippen MR) is 66.3 cm³/mol. The summed E-state index contributed by atoms with van der Waals surface area (Å²) in [5, 5.41) is 2.74. The van der Waals surface area contributed by atoms with Gasteiger partial charge in [-0.25, -0.2) is 4.39 Å². The molecule has 1 rings (SSSR count). The van der Waals surface area contributed by atoms with Gasteiger partial charge in [-0.2, -0.15) is 0 Å². The number of amides is 1. The number of nitrogen functional groups attached to an aromatic ring is 1. The van der Waals surface area contributed by atoms with Crippen LogP contribution in [0.25, 0.3) is 0 Å². The molecule has 0 radical (unpaired) electrons. The van der Waals surface area contributed by atoms with Crippen LogP contribution in [0, 0.1) is 5.82 Å². The Kier molecular flexibility index (Phi) is 4.90. The highest BCUT2D eigenvalue weighted by Crippen LogP contribution is 2.12. The number of anilines is 1. The Hall–Kier alpha value is -1.62. The number of nitrogens with zero attached hydrogens (tertiary/aromatic N) is 1. The summed E-state index contributed by atoms with van der Waals surface area (Å²) in [6.45, 7) is 4.28. The van der Waals surface area contributed by atoms with E-state index in [1.165, 1.54) is 12.1 Å². The van der Waals surface area contributed by atoms with Gasteiger partial charge in [0.25, 0.3) is 5.91 Å². The molecule has 5 heteroatoms. The molecule has 1 amide bonds. The molecule has 0 spiro atoms. The quantitative estimate of drug-likeness (QED) is 0.756. The van der Waals surface area contributed by atoms with Crippen molar-refractivity contribution in [3.8, 4) is 0 Å². The lowest BCUT2D eigenvalue weighted by atomic mass is 10.1. The van der Waals surface area contributed by atoms with Crippen LogP contribution in [0.15, 0.2) is 18.2 Å². The third-order valence-electron chi connectivity index (χ3n) is 2.58. The lowest BCUT2D eigenvalue weighted by Crippen LogP contribution is -2.33. The van der Waals surface area contributed by atoms with E-state index >= 15 is 0 Å². The molecule has 0 unspecified atom stereocenters. The third-order valence-corrected chi connectivity index (χ3v) is 2.58. The monoisotopic (exact) mass is 239 g/mol. The van der Waals surface area contributed by atoms with Crippen LogP contribution < -0.4 is 11.1 Å². The van der Waals surface area contributed by atoms with E-state index in [4.69, 9.17) is 5.73 Å². The predicted octanol–water partition coefficient (Wildman–Crippen LogP) is 1.09. The fraction of sp³-hybridized carbons (Fsp3) is 0.417. The van der Waals surface area contributed by atoms with Crippen LogP contribution in [0.5, 0.6) is 0 Å². The van der Waals surface area contributed by atoms with Gasteiger partial charge in [-0.1, -0.05) is 6.92 Å². The Morgan fingerprint density at radius 1 is 1.53 bits per heavy atom. The molecule has 0 aliphatic rings. The fourth-order valence-electron chi connectivity index (χ4n) is 1.35. The number of rotatable bonds is 5. The summed E-state index contributed by atoms with van der Waals surface area (Å²) in [5.74, 6) is -0.711. The van der Waals surface area contributed by atoms with Crippen molar-refractivity contribution >= 4 is 11.6 Å². The molecule has 17 heavy (non-hydrogen) atoms. The second-order valence-electron chi connectivity index (χ2n) is 3.88. The first kappa shape index (κ1) is 13.4. The number of nitrogens with two attached hydrogens (primary N) is 1. The molecule has 0 aliphatic carbocycles. The third kappa shape index (κ3) is 4.03. The summed E-state index contributed by atoms with van der Waals surface area (Å²) in [6.07, 6.45) is 0. The van der Waals surface area contributed by atoms with E-state index in [0.717, 1.165) is 19.2 Å². The Balaban J connectivity index is 2.52. The van der Waals surface area contributed by atoms with E-state index in [1.54, 1.807) is 0 Å². The summed E-state index contributed by atoms with van der Waals surface area (Å²) >= 11 is 0. The number of likely N-dealkylation sites (N-methyl/N-ethyl adjacent to an activating group) is 1. The van der Waals surface area contributed by atoms with E-state index in [9.17, 15) is 9.18 Å². The number of benzene rings is 1. The first-order chi connectivity index (χ1) is 8.04. The molecule has 0 heterocycles. The summed E-state index contributed by atoms with van der Waals surface area (Å²) < 4.78 is 12.8. The highest BCUT2D eigenvalue weighted by molar-refractivity contribution is 5.99. The first-order valence-electron chi connectivity index (χ1n) is 5.56. The number of halogens is 1. The molecule has 0 saturated heterocycles. The molecule has 0 saturated carbocycles. The number of carbonyl (C=O) groups is 1. The SMILES string of the molecule is CCN(C)CCNC(=O)c1ccc(F)cc1N. The Labute approximate surface area is 101 Å². The van der Waals surface area contributed by atoms with Crippen molar-refractivity contribution in [1.82, 2.24) is 10.2 Å². The van der Waals surface area contributed by atoms with E-state index < -0.39 is 5.82 Å². The summed E-state index contributed by atoms with van der Waals surface area (Å²) in [7, 11) is 1.97. The fourth-order valence-corrected chi connectivity index (χ4v) is 1.35. The molecule has 0 atom stereocenters. The minimum absolute atomic E-state index is 0.159. The average molecular weight is 239 g/mol. The molecule has 0 aliphatic heterocycles. The minimum Gasteiger partial charge on any atom is -0.398 e. The van der Waals surface area contributed by atoms with E-state index in [2.05, 4.69) is 10.2 Å². The molecule has 0 aromatic heterocycles. The van der Waals surface area contributed by atoms with E-state index in [1.807, 2.05) is 14.0 Å². The standard InChI is InChI=1S/C12H18FN3O/c1-3-16(2)7-6-15-12(17)10-5-4-9(13)8-11(10)14/h4-5,8H,3,6-7,14H2,1-2H3,(H,15,17). The van der Waals surface area contributed by atoms with Gasteiger partial charge in [-0.3, -0.25) is 4.79 Å². The van der Waals surface area contributed by atoms with Crippen molar-refractivity contribution in [2.24, 2.45) is 0 Å². The summed E-state index contributed by atoms with van der Waals surface area (Å²) in [6, 6.07) is 3.76. The highest BCUT2D eigenvalue weighted by atomic mass is 19.1. The zero-order chi connectivity index (χ0) is 12.8. The van der Waals surface area contributed by atoms with Crippen LogP contribution in [0.1, 0.15) is 17.3 Å². The number of carbonyl (C=O) groups excluding carboxylic acids is 1. The van der Waals surface area contributed by atoms with Gasteiger partial charge in [0.1, 0.15) is 5.82 Å². The van der Waals surface area contributed by atoms with Crippen LogP contribution in [0.4, 0.5) is 10.1 Å².